The van der Waals surface area contributed by atoms with Gasteiger partial charge in [0, 0.05) is 23.0 Å². The van der Waals surface area contributed by atoms with Crippen molar-refractivity contribution in [1.29, 1.82) is 0 Å². The number of aromatic amines is 1. The maximum atomic E-state index is 12.0. The lowest BCUT2D eigenvalue weighted by Gasteiger charge is -2.08. The highest BCUT2D eigenvalue weighted by Gasteiger charge is 2.20. The molecular weight excluding hydrogens is 296 g/mol. The highest BCUT2D eigenvalue weighted by Crippen LogP contribution is 2.37. The Hall–Kier alpha value is -2.76. The summed E-state index contributed by atoms with van der Waals surface area (Å²) in [7, 11) is 4.53. The van der Waals surface area contributed by atoms with Crippen molar-refractivity contribution in [3.8, 4) is 11.5 Å². The van der Waals surface area contributed by atoms with Gasteiger partial charge in [0.15, 0.2) is 17.2 Å². The van der Waals surface area contributed by atoms with Crippen molar-refractivity contribution < 1.29 is 19.0 Å². The molecule has 1 aromatic carbocycles. The zero-order valence-corrected chi connectivity index (χ0v) is 13.5. The molecule has 3 rings (SSSR count). The van der Waals surface area contributed by atoms with E-state index in [-0.39, 0.29) is 5.69 Å². The molecule has 3 aromatic rings. The minimum Gasteiger partial charge on any atom is -0.493 e. The predicted octanol–water partition coefficient (Wildman–Crippen LogP) is 3.08. The minimum atomic E-state index is -0.469. The van der Waals surface area contributed by atoms with Crippen molar-refractivity contribution in [2.24, 2.45) is 0 Å². The molecule has 6 heteroatoms. The van der Waals surface area contributed by atoms with Crippen LogP contribution < -0.4 is 9.47 Å². The molecule has 23 heavy (non-hydrogen) atoms. The number of esters is 1. The topological polar surface area (TPSA) is 73.4 Å². The lowest BCUT2D eigenvalue weighted by Crippen LogP contribution is -2.05. The van der Waals surface area contributed by atoms with Crippen molar-refractivity contribution in [3.05, 3.63) is 29.6 Å². The first-order chi connectivity index (χ1) is 11.1. The van der Waals surface area contributed by atoms with Gasteiger partial charge >= 0.3 is 5.97 Å². The van der Waals surface area contributed by atoms with E-state index in [9.17, 15) is 4.79 Å². The van der Waals surface area contributed by atoms with Crippen LogP contribution in [-0.2, 0) is 11.2 Å². The number of hydrogen-bond acceptors (Lipinski definition) is 5. The number of nitrogens with one attached hydrogen (secondary N) is 1. The Morgan fingerprint density at radius 1 is 1.17 bits per heavy atom. The van der Waals surface area contributed by atoms with Gasteiger partial charge < -0.3 is 19.2 Å². The molecule has 1 N–H and O–H groups in total. The maximum absolute atomic E-state index is 12.0. The number of carbonyl (C=O) groups excluding carboxylic acids is 1. The van der Waals surface area contributed by atoms with Gasteiger partial charge in [-0.05, 0) is 18.1 Å². The maximum Gasteiger partial charge on any atom is 0.358 e. The molecule has 0 unspecified atom stereocenters. The average molecular weight is 314 g/mol. The van der Waals surface area contributed by atoms with Crippen LogP contribution >= 0.6 is 0 Å². The summed E-state index contributed by atoms with van der Waals surface area (Å²) in [6, 6.07) is 3.77. The van der Waals surface area contributed by atoms with Gasteiger partial charge in [-0.15, -0.1) is 0 Å². The third-order valence-corrected chi connectivity index (χ3v) is 3.97. The molecule has 2 aromatic heterocycles. The Morgan fingerprint density at radius 2 is 1.87 bits per heavy atom. The number of H-pyrrole nitrogens is 1. The first kappa shape index (κ1) is 15.1. The molecule has 0 bridgehead atoms. The summed E-state index contributed by atoms with van der Waals surface area (Å²) in [5, 5.41) is 1.92. The average Bonchev–Trinajstić information content (AvgIpc) is 2.97. The van der Waals surface area contributed by atoms with Crippen LogP contribution in [0.2, 0.25) is 0 Å². The third kappa shape index (κ3) is 2.27. The van der Waals surface area contributed by atoms with Gasteiger partial charge in [-0.1, -0.05) is 6.92 Å². The van der Waals surface area contributed by atoms with Gasteiger partial charge in [0.25, 0.3) is 0 Å². The Morgan fingerprint density at radius 3 is 2.48 bits per heavy atom. The van der Waals surface area contributed by atoms with E-state index >= 15 is 0 Å². The summed E-state index contributed by atoms with van der Waals surface area (Å²) >= 11 is 0. The van der Waals surface area contributed by atoms with E-state index in [4.69, 9.17) is 14.2 Å². The van der Waals surface area contributed by atoms with E-state index in [1.54, 1.807) is 20.4 Å². The molecule has 0 aliphatic carbocycles. The predicted molar refractivity (Wildman–Crippen MR) is 87.4 cm³/mol. The molecule has 2 heterocycles. The quantitative estimate of drug-likeness (QED) is 0.749. The van der Waals surface area contributed by atoms with Crippen molar-refractivity contribution >= 4 is 27.8 Å². The number of pyridine rings is 1. The molecule has 0 amide bonds. The first-order valence-corrected chi connectivity index (χ1v) is 7.28. The highest BCUT2D eigenvalue weighted by atomic mass is 16.5. The molecule has 0 aliphatic heterocycles. The highest BCUT2D eigenvalue weighted by molar-refractivity contribution is 6.14. The van der Waals surface area contributed by atoms with Crippen LogP contribution in [0, 0.1) is 0 Å². The van der Waals surface area contributed by atoms with E-state index in [1.807, 2.05) is 19.1 Å². The second-order valence-electron chi connectivity index (χ2n) is 5.10. The van der Waals surface area contributed by atoms with Crippen LogP contribution in [0.5, 0.6) is 11.5 Å². The molecule has 0 saturated heterocycles. The molecule has 120 valence electrons. The summed E-state index contributed by atoms with van der Waals surface area (Å²) in [6.45, 7) is 2.05. The van der Waals surface area contributed by atoms with Crippen LogP contribution in [0.25, 0.3) is 21.8 Å². The molecule has 0 radical (unpaired) electrons. The summed E-state index contributed by atoms with van der Waals surface area (Å²) < 4.78 is 15.6. The van der Waals surface area contributed by atoms with E-state index in [2.05, 4.69) is 9.97 Å². The van der Waals surface area contributed by atoms with Crippen molar-refractivity contribution in [3.63, 3.8) is 0 Å². The minimum absolute atomic E-state index is 0.272. The zero-order valence-electron chi connectivity index (χ0n) is 13.5. The number of methoxy groups -OCH3 is 3. The van der Waals surface area contributed by atoms with Crippen LogP contribution in [0.4, 0.5) is 0 Å². The third-order valence-electron chi connectivity index (χ3n) is 3.97. The second kappa shape index (κ2) is 5.79. The number of rotatable bonds is 4. The van der Waals surface area contributed by atoms with E-state index in [0.29, 0.717) is 17.0 Å². The summed E-state index contributed by atoms with van der Waals surface area (Å²) in [6.07, 6.45) is 2.52. The summed E-state index contributed by atoms with van der Waals surface area (Å²) in [5.41, 5.74) is 2.84. The first-order valence-electron chi connectivity index (χ1n) is 7.28. The SMILES string of the molecule is CCc1cnc(C(=O)OC)c2[nH]c3cc(OC)c(OC)cc3c12. The van der Waals surface area contributed by atoms with E-state index in [0.717, 1.165) is 28.3 Å². The Kier molecular flexibility index (Phi) is 3.82. The van der Waals surface area contributed by atoms with E-state index < -0.39 is 5.97 Å². The summed E-state index contributed by atoms with van der Waals surface area (Å²) in [5.74, 6) is 0.791. The Balaban J connectivity index is 2.44. The number of hydrogen-bond donors (Lipinski definition) is 1. The van der Waals surface area contributed by atoms with Gasteiger partial charge in [-0.25, -0.2) is 9.78 Å². The van der Waals surface area contributed by atoms with Gasteiger partial charge in [-0.2, -0.15) is 0 Å². The normalized spacial score (nSPS) is 11.0. The summed E-state index contributed by atoms with van der Waals surface area (Å²) in [4.78, 5) is 19.5. The largest absolute Gasteiger partial charge is 0.493 e. The number of aromatic nitrogens is 2. The molecular formula is C17H18N2O4. The lowest BCUT2D eigenvalue weighted by molar-refractivity contribution is 0.0596. The second-order valence-corrected chi connectivity index (χ2v) is 5.10. The lowest BCUT2D eigenvalue weighted by atomic mass is 10.1. The van der Waals surface area contributed by atoms with Crippen molar-refractivity contribution in [1.82, 2.24) is 9.97 Å². The molecule has 0 spiro atoms. The van der Waals surface area contributed by atoms with Crippen LogP contribution in [0.15, 0.2) is 18.3 Å². The van der Waals surface area contributed by atoms with Crippen LogP contribution in [-0.4, -0.2) is 37.3 Å². The number of carbonyl (C=O) groups is 1. The molecule has 0 fully saturated rings. The number of benzene rings is 1. The van der Waals surface area contributed by atoms with Crippen LogP contribution in [0.1, 0.15) is 23.0 Å². The van der Waals surface area contributed by atoms with Gasteiger partial charge in [0.05, 0.1) is 32.4 Å². The fourth-order valence-corrected chi connectivity index (χ4v) is 2.82. The molecule has 6 nitrogen and oxygen atoms in total. The number of fused-ring (bicyclic) bond motifs is 3. The smallest absolute Gasteiger partial charge is 0.358 e. The fraction of sp³-hybridized carbons (Fsp3) is 0.294. The van der Waals surface area contributed by atoms with Gasteiger partial charge in [0.2, 0.25) is 0 Å². The number of nitrogens with zero attached hydrogens (tertiary/aromatic N) is 1. The molecule has 0 aliphatic rings. The monoisotopic (exact) mass is 314 g/mol. The van der Waals surface area contributed by atoms with Gasteiger partial charge in [0.1, 0.15) is 0 Å². The zero-order chi connectivity index (χ0) is 16.6. The van der Waals surface area contributed by atoms with Crippen molar-refractivity contribution in [2.75, 3.05) is 21.3 Å². The number of ether oxygens (including phenoxy) is 3. The molecule has 0 atom stereocenters. The Bertz CT molecular complexity index is 899. The van der Waals surface area contributed by atoms with Gasteiger partial charge in [-0.3, -0.25) is 0 Å². The fourth-order valence-electron chi connectivity index (χ4n) is 2.82. The van der Waals surface area contributed by atoms with Crippen LogP contribution in [0.3, 0.4) is 0 Å². The standard InChI is InChI=1S/C17H18N2O4/c1-5-9-8-18-16(17(20)23-4)15-14(9)10-6-12(21-2)13(22-3)7-11(10)19-15/h6-8,19H,5H2,1-4H3. The molecule has 0 saturated carbocycles. The van der Waals surface area contributed by atoms with E-state index in [1.165, 1.54) is 7.11 Å². The number of aryl methyl sites for hydroxylation is 1. The van der Waals surface area contributed by atoms with Crippen molar-refractivity contribution in [2.45, 2.75) is 13.3 Å². The Labute approximate surface area is 133 Å².